The number of rotatable bonds is 2. The standard InChI is InChI=1S/C8H6ClFN2O2S/c9-15(13,14)8-6(4-12)5(3-11)1-2-7(8)10/h1-2H,3,11H2. The van der Waals surface area contributed by atoms with Gasteiger partial charge in [0.25, 0.3) is 9.05 Å². The molecule has 0 fully saturated rings. The first-order chi connectivity index (χ1) is 6.91. The highest BCUT2D eigenvalue weighted by atomic mass is 35.7. The van der Waals surface area contributed by atoms with E-state index in [1.54, 1.807) is 6.07 Å². The third kappa shape index (κ3) is 2.26. The van der Waals surface area contributed by atoms with E-state index in [9.17, 15) is 12.8 Å². The summed E-state index contributed by atoms with van der Waals surface area (Å²) >= 11 is 0. The second kappa shape index (κ2) is 4.14. The Bertz CT molecular complexity index is 536. The van der Waals surface area contributed by atoms with E-state index in [4.69, 9.17) is 21.7 Å². The van der Waals surface area contributed by atoms with E-state index in [1.165, 1.54) is 6.07 Å². The second-order valence-corrected chi connectivity index (χ2v) is 5.17. The van der Waals surface area contributed by atoms with Gasteiger partial charge in [-0.25, -0.2) is 12.8 Å². The molecule has 15 heavy (non-hydrogen) atoms. The molecule has 0 unspecified atom stereocenters. The SMILES string of the molecule is N#Cc1c(CN)ccc(F)c1S(=O)(=O)Cl. The average Bonchev–Trinajstić information content (AvgIpc) is 2.15. The third-order valence-corrected chi connectivity index (χ3v) is 3.12. The molecule has 0 saturated heterocycles. The molecule has 0 aliphatic rings. The van der Waals surface area contributed by atoms with Crippen molar-refractivity contribution in [3.05, 3.63) is 29.1 Å². The minimum absolute atomic E-state index is 0.0669. The van der Waals surface area contributed by atoms with Crippen LogP contribution in [-0.4, -0.2) is 8.42 Å². The molecular formula is C8H6ClFN2O2S. The van der Waals surface area contributed by atoms with Gasteiger partial charge in [-0.15, -0.1) is 0 Å². The Morgan fingerprint density at radius 2 is 2.13 bits per heavy atom. The number of hydrogen-bond acceptors (Lipinski definition) is 4. The second-order valence-electron chi connectivity index (χ2n) is 2.66. The molecule has 0 saturated carbocycles. The van der Waals surface area contributed by atoms with Crippen LogP contribution in [0.25, 0.3) is 0 Å². The van der Waals surface area contributed by atoms with Gasteiger partial charge in [0.2, 0.25) is 0 Å². The first-order valence-corrected chi connectivity index (χ1v) is 6.09. The van der Waals surface area contributed by atoms with Crippen molar-refractivity contribution in [1.82, 2.24) is 0 Å². The third-order valence-electron chi connectivity index (χ3n) is 1.77. The van der Waals surface area contributed by atoms with Gasteiger partial charge < -0.3 is 5.73 Å². The largest absolute Gasteiger partial charge is 0.326 e. The number of hydrogen-bond donors (Lipinski definition) is 1. The van der Waals surface area contributed by atoms with Gasteiger partial charge in [0, 0.05) is 17.2 Å². The molecule has 0 aliphatic heterocycles. The maximum atomic E-state index is 13.2. The van der Waals surface area contributed by atoms with Gasteiger partial charge in [-0.2, -0.15) is 5.26 Å². The highest BCUT2D eigenvalue weighted by Gasteiger charge is 2.23. The van der Waals surface area contributed by atoms with Crippen LogP contribution < -0.4 is 5.73 Å². The van der Waals surface area contributed by atoms with Gasteiger partial charge in [0.15, 0.2) is 0 Å². The molecule has 80 valence electrons. The summed E-state index contributed by atoms with van der Waals surface area (Å²) in [5.41, 5.74) is 5.17. The maximum absolute atomic E-state index is 13.2. The summed E-state index contributed by atoms with van der Waals surface area (Å²) in [6.07, 6.45) is 0. The lowest BCUT2D eigenvalue weighted by atomic mass is 10.1. The molecule has 1 aromatic rings. The van der Waals surface area contributed by atoms with E-state index >= 15 is 0 Å². The van der Waals surface area contributed by atoms with Crippen LogP contribution >= 0.6 is 10.7 Å². The Kier molecular flexibility index (Phi) is 3.29. The molecule has 4 nitrogen and oxygen atoms in total. The van der Waals surface area contributed by atoms with Crippen molar-refractivity contribution < 1.29 is 12.8 Å². The van der Waals surface area contributed by atoms with Crippen LogP contribution in [0.4, 0.5) is 4.39 Å². The molecule has 0 bridgehead atoms. The van der Waals surface area contributed by atoms with E-state index in [0.717, 1.165) is 6.07 Å². The zero-order valence-corrected chi connectivity index (χ0v) is 8.94. The highest BCUT2D eigenvalue weighted by Crippen LogP contribution is 2.25. The van der Waals surface area contributed by atoms with E-state index in [1.807, 2.05) is 0 Å². The van der Waals surface area contributed by atoms with Crippen LogP contribution in [0.2, 0.25) is 0 Å². The predicted octanol–water partition coefficient (Wildman–Crippen LogP) is 1.08. The Balaban J connectivity index is 3.71. The van der Waals surface area contributed by atoms with Gasteiger partial charge in [-0.1, -0.05) is 6.07 Å². The summed E-state index contributed by atoms with van der Waals surface area (Å²) in [5, 5.41) is 8.72. The van der Waals surface area contributed by atoms with Gasteiger partial charge in [0.05, 0.1) is 5.56 Å². The van der Waals surface area contributed by atoms with Crippen LogP contribution in [0.1, 0.15) is 11.1 Å². The molecule has 0 atom stereocenters. The van der Waals surface area contributed by atoms with Crippen LogP contribution in [0.3, 0.4) is 0 Å². The van der Waals surface area contributed by atoms with Gasteiger partial charge in [0.1, 0.15) is 16.8 Å². The van der Waals surface area contributed by atoms with Crippen molar-refractivity contribution in [2.45, 2.75) is 11.4 Å². The van der Waals surface area contributed by atoms with Crippen molar-refractivity contribution in [2.24, 2.45) is 5.73 Å². The van der Waals surface area contributed by atoms with E-state index in [2.05, 4.69) is 0 Å². The van der Waals surface area contributed by atoms with Gasteiger partial charge in [-0.3, -0.25) is 0 Å². The van der Waals surface area contributed by atoms with Crippen molar-refractivity contribution in [3.63, 3.8) is 0 Å². The molecule has 0 spiro atoms. The summed E-state index contributed by atoms with van der Waals surface area (Å²) in [7, 11) is 0.727. The fourth-order valence-electron chi connectivity index (χ4n) is 1.13. The Hall–Kier alpha value is -1.16. The van der Waals surface area contributed by atoms with Crippen molar-refractivity contribution in [2.75, 3.05) is 0 Å². The monoisotopic (exact) mass is 248 g/mol. The number of nitrogens with two attached hydrogens (primary N) is 1. The zero-order valence-electron chi connectivity index (χ0n) is 7.37. The molecular weight excluding hydrogens is 243 g/mol. The number of nitrogens with zero attached hydrogens (tertiary/aromatic N) is 1. The molecule has 0 aromatic heterocycles. The van der Waals surface area contributed by atoms with Crippen molar-refractivity contribution in [3.8, 4) is 6.07 Å². The average molecular weight is 249 g/mol. The van der Waals surface area contributed by atoms with Crippen molar-refractivity contribution in [1.29, 1.82) is 5.26 Å². The lowest BCUT2D eigenvalue weighted by molar-refractivity contribution is 0.573. The Labute approximate surface area is 90.5 Å². The lowest BCUT2D eigenvalue weighted by Crippen LogP contribution is -2.06. The van der Waals surface area contributed by atoms with Gasteiger partial charge >= 0.3 is 0 Å². The minimum atomic E-state index is -4.29. The smallest absolute Gasteiger partial charge is 0.265 e. The van der Waals surface area contributed by atoms with Crippen LogP contribution in [0.15, 0.2) is 17.0 Å². The summed E-state index contributed by atoms with van der Waals surface area (Å²) in [6, 6.07) is 3.74. The number of nitriles is 1. The quantitative estimate of drug-likeness (QED) is 0.794. The first-order valence-electron chi connectivity index (χ1n) is 3.78. The van der Waals surface area contributed by atoms with E-state index in [0.29, 0.717) is 0 Å². The maximum Gasteiger partial charge on any atom is 0.265 e. The summed E-state index contributed by atoms with van der Waals surface area (Å²) in [5.74, 6) is -1.06. The number of halogens is 2. The normalized spacial score (nSPS) is 11.1. The summed E-state index contributed by atoms with van der Waals surface area (Å²) < 4.78 is 35.3. The Morgan fingerprint density at radius 1 is 1.53 bits per heavy atom. The lowest BCUT2D eigenvalue weighted by Gasteiger charge is -2.05. The zero-order chi connectivity index (χ0) is 11.6. The summed E-state index contributed by atoms with van der Waals surface area (Å²) in [6.45, 7) is -0.0669. The number of benzene rings is 1. The molecule has 0 aliphatic carbocycles. The van der Waals surface area contributed by atoms with Crippen LogP contribution in [0.5, 0.6) is 0 Å². The molecule has 0 amide bonds. The highest BCUT2D eigenvalue weighted by molar-refractivity contribution is 8.13. The predicted molar refractivity (Wildman–Crippen MR) is 52.0 cm³/mol. The summed E-state index contributed by atoms with van der Waals surface area (Å²) in [4.78, 5) is -0.811. The van der Waals surface area contributed by atoms with Gasteiger partial charge in [-0.05, 0) is 11.6 Å². The first kappa shape index (κ1) is 11.9. The minimum Gasteiger partial charge on any atom is -0.326 e. The van der Waals surface area contributed by atoms with Crippen LogP contribution in [-0.2, 0) is 15.6 Å². The van der Waals surface area contributed by atoms with E-state index < -0.39 is 19.8 Å². The molecule has 0 heterocycles. The molecule has 7 heteroatoms. The molecule has 1 rings (SSSR count). The fourth-order valence-corrected chi connectivity index (χ4v) is 2.30. The van der Waals surface area contributed by atoms with Crippen molar-refractivity contribution >= 4 is 19.7 Å². The Morgan fingerprint density at radius 3 is 2.53 bits per heavy atom. The van der Waals surface area contributed by atoms with Crippen LogP contribution in [0, 0.1) is 17.1 Å². The molecule has 0 radical (unpaired) electrons. The molecule has 2 N–H and O–H groups in total. The topological polar surface area (TPSA) is 83.9 Å². The molecule has 1 aromatic carbocycles. The fraction of sp³-hybridized carbons (Fsp3) is 0.125. The van der Waals surface area contributed by atoms with E-state index in [-0.39, 0.29) is 17.7 Å².